The van der Waals surface area contributed by atoms with Gasteiger partial charge in [-0.05, 0) is 67.2 Å². The van der Waals surface area contributed by atoms with E-state index in [2.05, 4.69) is 45.5 Å². The number of nitrogens with two attached hydrogens (primary N) is 1. The highest BCUT2D eigenvalue weighted by molar-refractivity contribution is 7.13. The highest BCUT2D eigenvalue weighted by Gasteiger charge is 2.13. The highest BCUT2D eigenvalue weighted by Crippen LogP contribution is 2.25. The van der Waals surface area contributed by atoms with Gasteiger partial charge in [0.1, 0.15) is 21.6 Å². The maximum absolute atomic E-state index is 13.0. The number of carboxylic acid groups (broad SMARTS) is 1. The Bertz CT molecular complexity index is 2630. The molecular weight excluding hydrogens is 803 g/mol. The predicted octanol–water partition coefficient (Wildman–Crippen LogP) is 7.26. The lowest BCUT2D eigenvalue weighted by Gasteiger charge is -2.04. The van der Waals surface area contributed by atoms with E-state index in [0.717, 1.165) is 39.0 Å². The molecule has 0 saturated heterocycles. The molecule has 59 heavy (non-hydrogen) atoms. The van der Waals surface area contributed by atoms with E-state index in [1.807, 2.05) is 10.8 Å². The predicted molar refractivity (Wildman–Crippen MR) is 215 cm³/mol. The molecular formula is C40H34F2N10O5S2. The van der Waals surface area contributed by atoms with Crippen molar-refractivity contribution in [1.29, 1.82) is 0 Å². The number of hydrogen-bond acceptors (Lipinski definition) is 15. The number of aromatic nitrogens is 8. The molecule has 0 unspecified atom stereocenters. The van der Waals surface area contributed by atoms with Crippen molar-refractivity contribution in [3.05, 3.63) is 142 Å². The van der Waals surface area contributed by atoms with Gasteiger partial charge in [-0.15, -0.1) is 22.7 Å². The van der Waals surface area contributed by atoms with Crippen molar-refractivity contribution >= 4 is 34.6 Å². The lowest BCUT2D eigenvalue weighted by molar-refractivity contribution is 0.0696. The second-order valence-corrected chi connectivity index (χ2v) is 14.1. The van der Waals surface area contributed by atoms with E-state index in [1.165, 1.54) is 60.3 Å². The van der Waals surface area contributed by atoms with Gasteiger partial charge in [0, 0.05) is 91.0 Å². The summed E-state index contributed by atoms with van der Waals surface area (Å²) in [6.07, 6.45) is 7.18. The maximum atomic E-state index is 13.0. The summed E-state index contributed by atoms with van der Waals surface area (Å²) in [4.78, 5) is 48.0. The number of benzene rings is 2. The van der Waals surface area contributed by atoms with Crippen molar-refractivity contribution in [2.75, 3.05) is 13.1 Å². The number of carboxylic acids is 1. The average molecular weight is 837 g/mol. The van der Waals surface area contributed by atoms with Crippen molar-refractivity contribution in [3.8, 4) is 43.9 Å². The summed E-state index contributed by atoms with van der Waals surface area (Å²) in [5, 5.41) is 24.8. The molecule has 300 valence electrons. The molecule has 0 radical (unpaired) electrons. The molecule has 1 amide bonds. The summed E-state index contributed by atoms with van der Waals surface area (Å²) in [5.41, 5.74) is 10.8. The second kappa shape index (κ2) is 19.9. The fourth-order valence-corrected chi connectivity index (χ4v) is 6.77. The summed E-state index contributed by atoms with van der Waals surface area (Å²) in [6, 6.07) is 15.7. The Morgan fingerprint density at radius 3 is 1.61 bits per heavy atom. The molecule has 0 spiro atoms. The first-order valence-electron chi connectivity index (χ1n) is 17.7. The Balaban J connectivity index is 0.000000164. The smallest absolute Gasteiger partial charge is 0.337 e. The number of nitrogens with zero attached hydrogens (tertiary/aromatic N) is 8. The maximum Gasteiger partial charge on any atom is 0.337 e. The zero-order chi connectivity index (χ0) is 41.7. The van der Waals surface area contributed by atoms with Crippen LogP contribution in [0, 0.1) is 25.5 Å². The van der Waals surface area contributed by atoms with Crippen LogP contribution in [0.15, 0.2) is 105 Å². The van der Waals surface area contributed by atoms with Crippen LogP contribution in [0.2, 0.25) is 0 Å². The van der Waals surface area contributed by atoms with Crippen LogP contribution in [0.5, 0.6) is 0 Å². The first kappa shape index (κ1) is 41.7. The zero-order valence-corrected chi connectivity index (χ0v) is 33.0. The summed E-state index contributed by atoms with van der Waals surface area (Å²) in [7, 11) is 0. The van der Waals surface area contributed by atoms with Crippen LogP contribution < -0.4 is 11.1 Å². The van der Waals surface area contributed by atoms with Gasteiger partial charge < -0.3 is 25.2 Å². The van der Waals surface area contributed by atoms with E-state index < -0.39 is 5.97 Å². The minimum atomic E-state index is -1.04. The third-order valence-electron chi connectivity index (χ3n) is 7.91. The van der Waals surface area contributed by atoms with Gasteiger partial charge in [0.15, 0.2) is 0 Å². The minimum absolute atomic E-state index is 0.0925. The van der Waals surface area contributed by atoms with E-state index in [4.69, 9.17) is 19.9 Å². The van der Waals surface area contributed by atoms with Crippen LogP contribution in [-0.2, 0) is 12.8 Å². The SMILES string of the molecule is Cc1nc(-c2cncc(C(=O)NCCc3csc(-c4ccc(F)cc4)n3)c2)no1.Cc1nc(-c2cncc(C(=O)O)c2)no1.NCCc1csc(-c2ccc(F)cc2)n1. The molecule has 8 rings (SSSR count). The first-order chi connectivity index (χ1) is 28.5. The topological polar surface area (TPSA) is 222 Å². The summed E-state index contributed by atoms with van der Waals surface area (Å²) >= 11 is 3.05. The Hall–Kier alpha value is -6.96. The fraction of sp³-hybridized carbons (Fsp3) is 0.150. The summed E-state index contributed by atoms with van der Waals surface area (Å²) < 4.78 is 35.5. The molecule has 4 N–H and O–H groups in total. The van der Waals surface area contributed by atoms with Gasteiger partial charge in [-0.1, -0.05) is 10.3 Å². The third-order valence-corrected chi connectivity index (χ3v) is 9.79. The van der Waals surface area contributed by atoms with Crippen LogP contribution in [-0.4, -0.2) is 70.3 Å². The standard InChI is InChI=1S/C20H16FN5O2S.C11H11FN2S.C9H7N3O3/c1-12-24-18(26-28-12)14-8-15(10-22-9-14)19(27)23-7-6-17-11-29-20(25-17)13-2-4-16(21)5-3-13;12-9-3-1-8(2-4-9)11-14-10(5-6-13)7-15-11;1-5-11-8(12-15-5)6-2-7(9(13)14)4-10-3-6/h2-5,8-11H,6-7H2,1H3,(H,23,27);1-4,7H,5-6,13H2;2-4H,1H3,(H,13,14). The fourth-order valence-electron chi connectivity index (χ4n) is 5.05. The molecule has 0 bridgehead atoms. The summed E-state index contributed by atoms with van der Waals surface area (Å²) in [6.45, 7) is 4.38. The molecule has 0 aliphatic heterocycles. The minimum Gasteiger partial charge on any atom is -0.478 e. The molecule has 0 aliphatic carbocycles. The summed E-state index contributed by atoms with van der Waals surface area (Å²) in [5.74, 6) is -0.190. The zero-order valence-electron chi connectivity index (χ0n) is 31.4. The lowest BCUT2D eigenvalue weighted by atomic mass is 10.2. The Morgan fingerprint density at radius 1 is 0.678 bits per heavy atom. The lowest BCUT2D eigenvalue weighted by Crippen LogP contribution is -2.25. The van der Waals surface area contributed by atoms with E-state index >= 15 is 0 Å². The Kier molecular flexibility index (Phi) is 14.1. The van der Waals surface area contributed by atoms with Gasteiger partial charge in [0.05, 0.1) is 22.5 Å². The number of aromatic carboxylic acids is 1. The van der Waals surface area contributed by atoms with Crippen molar-refractivity contribution < 1.29 is 32.5 Å². The number of thiazole rings is 2. The Labute approximate surface area is 343 Å². The van der Waals surface area contributed by atoms with Crippen LogP contribution in [0.25, 0.3) is 43.9 Å². The number of carbonyl (C=O) groups is 2. The number of hydrogen-bond donors (Lipinski definition) is 3. The van der Waals surface area contributed by atoms with Crippen molar-refractivity contribution in [2.45, 2.75) is 26.7 Å². The van der Waals surface area contributed by atoms with Gasteiger partial charge in [-0.3, -0.25) is 14.8 Å². The van der Waals surface area contributed by atoms with Crippen LogP contribution in [0.4, 0.5) is 8.78 Å². The molecule has 0 aliphatic rings. The van der Waals surface area contributed by atoms with E-state index in [-0.39, 0.29) is 23.1 Å². The average Bonchev–Trinajstić information content (AvgIpc) is 4.09. The van der Waals surface area contributed by atoms with Crippen LogP contribution in [0.3, 0.4) is 0 Å². The molecule has 19 heteroatoms. The largest absolute Gasteiger partial charge is 0.478 e. The van der Waals surface area contributed by atoms with Gasteiger partial charge in [-0.25, -0.2) is 23.5 Å². The third kappa shape index (κ3) is 11.8. The van der Waals surface area contributed by atoms with E-state index in [9.17, 15) is 18.4 Å². The quantitative estimate of drug-likeness (QED) is 0.117. The highest BCUT2D eigenvalue weighted by atomic mass is 32.1. The number of aryl methyl sites for hydroxylation is 2. The molecule has 6 aromatic heterocycles. The molecule has 6 heterocycles. The number of amides is 1. The molecule has 0 fully saturated rings. The van der Waals surface area contributed by atoms with E-state index in [1.54, 1.807) is 61.7 Å². The number of pyridine rings is 2. The number of halogens is 2. The van der Waals surface area contributed by atoms with Crippen LogP contribution in [0.1, 0.15) is 43.9 Å². The molecule has 8 aromatic rings. The number of carbonyl (C=O) groups excluding carboxylic acids is 1. The van der Waals surface area contributed by atoms with E-state index in [0.29, 0.717) is 59.6 Å². The molecule has 2 aromatic carbocycles. The van der Waals surface area contributed by atoms with Crippen molar-refractivity contribution in [2.24, 2.45) is 5.73 Å². The molecule has 0 atom stereocenters. The second-order valence-electron chi connectivity index (χ2n) is 12.4. The van der Waals surface area contributed by atoms with Gasteiger partial charge in [0.2, 0.25) is 23.4 Å². The van der Waals surface area contributed by atoms with Gasteiger partial charge >= 0.3 is 5.97 Å². The normalized spacial score (nSPS) is 10.6. The number of rotatable bonds is 11. The Morgan fingerprint density at radius 2 is 1.15 bits per heavy atom. The van der Waals surface area contributed by atoms with Crippen molar-refractivity contribution in [3.63, 3.8) is 0 Å². The monoisotopic (exact) mass is 836 g/mol. The number of nitrogens with one attached hydrogen (secondary N) is 1. The van der Waals surface area contributed by atoms with Gasteiger partial charge in [-0.2, -0.15) is 9.97 Å². The molecule has 0 saturated carbocycles. The van der Waals surface area contributed by atoms with Gasteiger partial charge in [0.25, 0.3) is 5.91 Å². The first-order valence-corrected chi connectivity index (χ1v) is 19.4. The van der Waals surface area contributed by atoms with Crippen molar-refractivity contribution in [1.82, 2.24) is 45.5 Å². The van der Waals surface area contributed by atoms with Crippen LogP contribution >= 0.6 is 22.7 Å². The molecule has 15 nitrogen and oxygen atoms in total.